The average molecular weight is 835 g/mol. The van der Waals surface area contributed by atoms with Crippen LogP contribution in [0.4, 0.5) is 0 Å². The van der Waals surface area contributed by atoms with Crippen molar-refractivity contribution in [2.75, 3.05) is 6.61 Å². The van der Waals surface area contributed by atoms with Gasteiger partial charge >= 0.3 is 0 Å². The van der Waals surface area contributed by atoms with E-state index in [0.717, 1.165) is 68.0 Å². The van der Waals surface area contributed by atoms with Crippen molar-refractivity contribution in [3.05, 3.63) is 53.9 Å². The van der Waals surface area contributed by atoms with Crippen LogP contribution in [0.3, 0.4) is 0 Å². The normalized spacial score (nSPS) is 11.6. The molecular formula is C46H79IN2O3. The number of rotatable bonds is 34. The number of nitrogens with zero attached hydrogens (tertiary/aromatic N) is 1. The molecule has 0 aliphatic heterocycles. The number of aromatic nitrogens is 1. The first-order valence-corrected chi connectivity index (χ1v) is 21.7. The minimum absolute atomic E-state index is 0. The first-order chi connectivity index (χ1) is 25.1. The van der Waals surface area contributed by atoms with Crippen LogP contribution in [0.15, 0.2) is 42.6 Å². The maximum atomic E-state index is 13.6. The number of nitrogens with one attached hydrogen (secondary N) is 1. The van der Waals surface area contributed by atoms with Gasteiger partial charge < -0.3 is 38.8 Å². The van der Waals surface area contributed by atoms with Crippen LogP contribution in [0, 0.1) is 6.92 Å². The summed E-state index contributed by atoms with van der Waals surface area (Å²) in [5.74, 6) is 1.62. The van der Waals surface area contributed by atoms with E-state index in [-0.39, 0.29) is 29.9 Å². The van der Waals surface area contributed by atoms with Crippen molar-refractivity contribution >= 4 is 5.91 Å². The van der Waals surface area contributed by atoms with Crippen LogP contribution in [0.25, 0.3) is 0 Å². The van der Waals surface area contributed by atoms with Gasteiger partial charge in [-0.2, -0.15) is 0 Å². The lowest BCUT2D eigenvalue weighted by atomic mass is 10.0. The van der Waals surface area contributed by atoms with Crippen LogP contribution in [-0.2, 0) is 17.9 Å². The maximum absolute atomic E-state index is 13.6. The van der Waals surface area contributed by atoms with Gasteiger partial charge in [-0.15, -0.1) is 0 Å². The second kappa shape index (κ2) is 33.7. The molecule has 1 aromatic carbocycles. The van der Waals surface area contributed by atoms with E-state index in [1.165, 1.54) is 135 Å². The minimum atomic E-state index is -0.511. The Hall–Kier alpha value is -1.83. The van der Waals surface area contributed by atoms with Gasteiger partial charge in [0, 0.05) is 18.6 Å². The second-order valence-electron chi connectivity index (χ2n) is 15.1. The highest BCUT2D eigenvalue weighted by atomic mass is 127. The van der Waals surface area contributed by atoms with Gasteiger partial charge in [0.05, 0.1) is 6.61 Å². The highest BCUT2D eigenvalue weighted by Crippen LogP contribution is 2.26. The Labute approximate surface area is 338 Å². The number of hydrogen-bond donors (Lipinski definition) is 1. The monoisotopic (exact) mass is 835 g/mol. The molecule has 2 rings (SSSR count). The Kier molecular flexibility index (Phi) is 31.2. The number of carbonyl (C=O) groups is 1. The number of hydrogen-bond acceptors (Lipinski definition) is 3. The number of halogens is 1. The maximum Gasteiger partial charge on any atom is 0.261 e. The quantitative estimate of drug-likeness (QED) is 0.0434. The fraction of sp³-hybridized carbons (Fsp3) is 0.739. The molecule has 0 saturated heterocycles. The lowest BCUT2D eigenvalue weighted by Crippen LogP contribution is -3.00. The zero-order valence-electron chi connectivity index (χ0n) is 34.2. The first-order valence-electron chi connectivity index (χ1n) is 21.7. The van der Waals surface area contributed by atoms with E-state index in [0.29, 0.717) is 6.54 Å². The molecule has 0 aliphatic carbocycles. The second-order valence-corrected chi connectivity index (χ2v) is 15.1. The van der Waals surface area contributed by atoms with E-state index < -0.39 is 6.10 Å². The third-order valence-electron chi connectivity index (χ3n) is 10.2. The van der Waals surface area contributed by atoms with Gasteiger partial charge in [0.25, 0.3) is 5.91 Å². The van der Waals surface area contributed by atoms with Crippen molar-refractivity contribution < 1.29 is 42.8 Å². The minimum Gasteiger partial charge on any atom is -1.00 e. The zero-order chi connectivity index (χ0) is 36.6. The molecule has 0 bridgehead atoms. The van der Waals surface area contributed by atoms with Crippen molar-refractivity contribution in [2.45, 2.75) is 214 Å². The largest absolute Gasteiger partial charge is 1.00 e. The molecule has 1 aromatic heterocycles. The number of aryl methyl sites for hydroxylation is 2. The van der Waals surface area contributed by atoms with Crippen molar-refractivity contribution in [3.8, 4) is 11.5 Å². The third-order valence-corrected chi connectivity index (χ3v) is 10.2. The van der Waals surface area contributed by atoms with Gasteiger partial charge in [-0.25, -0.2) is 4.57 Å². The van der Waals surface area contributed by atoms with Crippen LogP contribution in [0.1, 0.15) is 199 Å². The van der Waals surface area contributed by atoms with Crippen LogP contribution in [0.5, 0.6) is 11.5 Å². The molecule has 1 unspecified atom stereocenters. The Morgan fingerprint density at radius 1 is 0.654 bits per heavy atom. The van der Waals surface area contributed by atoms with Crippen LogP contribution < -0.4 is 43.3 Å². The standard InChI is InChI=1S/C46H78N2O3.HI/c1-5-8-10-12-14-16-18-19-20-21-22-24-26-28-33-45(46(49)47-40-42-32-29-30-37-48(42)36-7-3)51-44-35-34-43(39-41(44)4)50-38-31-27-25-23-17-15-13-11-9-6-2;/h29-30,32,34-35,37,39,45H,5-28,31,33,36,38,40H2,1-4H3;1H. The molecule has 298 valence electrons. The molecule has 1 atom stereocenters. The number of benzene rings is 1. The summed E-state index contributed by atoms with van der Waals surface area (Å²) in [4.78, 5) is 13.6. The molecule has 0 fully saturated rings. The Bertz CT molecular complexity index is 1130. The summed E-state index contributed by atoms with van der Waals surface area (Å²) < 4.78 is 14.8. The summed E-state index contributed by atoms with van der Waals surface area (Å²) in [5, 5.41) is 3.20. The van der Waals surface area contributed by atoms with Gasteiger partial charge in [0.1, 0.15) is 24.6 Å². The number of carbonyl (C=O) groups excluding carboxylic acids is 1. The predicted molar refractivity (Wildman–Crippen MR) is 217 cm³/mol. The molecule has 2 aromatic rings. The molecule has 52 heavy (non-hydrogen) atoms. The molecule has 0 saturated carbocycles. The molecule has 1 N–H and O–H groups in total. The van der Waals surface area contributed by atoms with E-state index in [9.17, 15) is 4.79 Å². The molecular weight excluding hydrogens is 755 g/mol. The van der Waals surface area contributed by atoms with Gasteiger partial charge in [-0.1, -0.05) is 168 Å². The van der Waals surface area contributed by atoms with E-state index in [1.807, 2.05) is 18.2 Å². The smallest absolute Gasteiger partial charge is 0.261 e. The Morgan fingerprint density at radius 3 is 1.69 bits per heavy atom. The molecule has 0 radical (unpaired) electrons. The molecule has 0 aliphatic rings. The van der Waals surface area contributed by atoms with Gasteiger partial charge in [0.15, 0.2) is 12.3 Å². The van der Waals surface area contributed by atoms with Gasteiger partial charge in [0.2, 0.25) is 5.69 Å². The fourth-order valence-electron chi connectivity index (χ4n) is 6.97. The number of unbranched alkanes of at least 4 members (excludes halogenated alkanes) is 22. The van der Waals surface area contributed by atoms with Gasteiger partial charge in [-0.3, -0.25) is 4.79 Å². The summed E-state index contributed by atoms with van der Waals surface area (Å²) in [5.41, 5.74) is 2.13. The van der Waals surface area contributed by atoms with Crippen molar-refractivity contribution in [2.24, 2.45) is 0 Å². The Balaban J connectivity index is 0.0000135. The highest BCUT2D eigenvalue weighted by molar-refractivity contribution is 5.81. The summed E-state index contributed by atoms with van der Waals surface area (Å²) in [6.45, 7) is 11.0. The number of pyridine rings is 1. The summed E-state index contributed by atoms with van der Waals surface area (Å²) in [6.07, 6.45) is 35.1. The average Bonchev–Trinajstić information content (AvgIpc) is 3.14. The lowest BCUT2D eigenvalue weighted by Gasteiger charge is -2.20. The first kappa shape index (κ1) is 48.2. The molecule has 0 spiro atoms. The molecule has 6 heteroatoms. The zero-order valence-corrected chi connectivity index (χ0v) is 36.3. The van der Waals surface area contributed by atoms with Crippen LogP contribution in [0.2, 0.25) is 0 Å². The van der Waals surface area contributed by atoms with E-state index in [4.69, 9.17) is 9.47 Å². The molecule has 5 nitrogen and oxygen atoms in total. The van der Waals surface area contributed by atoms with Crippen molar-refractivity contribution in [1.29, 1.82) is 0 Å². The number of ether oxygens (including phenoxy) is 2. The molecule has 1 heterocycles. The van der Waals surface area contributed by atoms with E-state index in [2.05, 4.69) is 62.0 Å². The summed E-state index contributed by atoms with van der Waals surface area (Å²) >= 11 is 0. The summed E-state index contributed by atoms with van der Waals surface area (Å²) in [6, 6.07) is 12.2. The summed E-state index contributed by atoms with van der Waals surface area (Å²) in [7, 11) is 0. The molecule has 1 amide bonds. The SMILES string of the molecule is CCCCCCCCCCCCCCCCC(Oc1ccc(OCCCCCCCCCCCC)cc1C)C(=O)NCc1cccc[n+]1CCC.[I-]. The number of amides is 1. The lowest BCUT2D eigenvalue weighted by molar-refractivity contribution is -0.704. The Morgan fingerprint density at radius 2 is 1.17 bits per heavy atom. The third kappa shape index (κ3) is 23.8. The fourth-order valence-corrected chi connectivity index (χ4v) is 6.97. The van der Waals surface area contributed by atoms with E-state index in [1.54, 1.807) is 0 Å². The van der Waals surface area contributed by atoms with Crippen LogP contribution >= 0.6 is 0 Å². The topological polar surface area (TPSA) is 51.4 Å². The van der Waals surface area contributed by atoms with Crippen molar-refractivity contribution in [3.63, 3.8) is 0 Å². The van der Waals surface area contributed by atoms with Gasteiger partial charge in [-0.05, 0) is 49.9 Å². The predicted octanol–water partition coefficient (Wildman–Crippen LogP) is 9.93. The van der Waals surface area contributed by atoms with Crippen LogP contribution in [-0.4, -0.2) is 18.6 Å². The highest BCUT2D eigenvalue weighted by Gasteiger charge is 2.22. The van der Waals surface area contributed by atoms with E-state index >= 15 is 0 Å². The van der Waals surface area contributed by atoms with Crippen molar-refractivity contribution in [1.82, 2.24) is 5.32 Å².